The Hall–Kier alpha value is -3.38. The molecule has 4 rings (SSSR count). The summed E-state index contributed by atoms with van der Waals surface area (Å²) in [7, 11) is 0. The molecule has 0 atom stereocenters. The molecule has 0 aliphatic rings. The smallest absolute Gasteiger partial charge is 0.262 e. The number of nitrogens with one attached hydrogen (secondary N) is 1. The molecule has 4 aromatic rings. The first-order valence-corrected chi connectivity index (χ1v) is 12.5. The second kappa shape index (κ2) is 10.7. The molecule has 1 amide bonds. The number of aryl methyl sites for hydroxylation is 2. The Morgan fingerprint density at radius 2 is 1.76 bits per heavy atom. The maximum Gasteiger partial charge on any atom is 0.262 e. The highest BCUT2D eigenvalue weighted by Crippen LogP contribution is 2.24. The third kappa shape index (κ3) is 5.57. The van der Waals surface area contributed by atoms with Crippen molar-refractivity contribution in [1.29, 1.82) is 0 Å². The number of fused-ring (bicyclic) bond motifs is 1. The van der Waals surface area contributed by atoms with Crippen LogP contribution in [-0.4, -0.2) is 21.5 Å². The average Bonchev–Trinajstić information content (AvgIpc) is 2.83. The minimum absolute atomic E-state index is 0.0300. The van der Waals surface area contributed by atoms with Crippen LogP contribution in [-0.2, 0) is 18.7 Å². The fourth-order valence-electron chi connectivity index (χ4n) is 3.79. The zero-order valence-corrected chi connectivity index (χ0v) is 20.6. The van der Waals surface area contributed by atoms with Crippen molar-refractivity contribution >= 4 is 28.6 Å². The van der Waals surface area contributed by atoms with Crippen LogP contribution in [0.25, 0.3) is 10.9 Å². The van der Waals surface area contributed by atoms with Gasteiger partial charge in [0.25, 0.3) is 11.5 Å². The largest absolute Gasteiger partial charge is 0.350 e. The molecular formula is C28H29N3O2S. The van der Waals surface area contributed by atoms with Crippen molar-refractivity contribution in [3.8, 4) is 0 Å². The summed E-state index contributed by atoms with van der Waals surface area (Å²) < 4.78 is 1.77. The summed E-state index contributed by atoms with van der Waals surface area (Å²) in [6, 6.07) is 23.5. The SMILES string of the molecule is Cc1ccccc1CSc1nc2cc(C(=O)NC(C)C)ccc2c(=O)n1CCc1ccccc1. The van der Waals surface area contributed by atoms with Gasteiger partial charge in [-0.15, -0.1) is 0 Å². The van der Waals surface area contributed by atoms with Crippen molar-refractivity contribution in [2.24, 2.45) is 0 Å². The van der Waals surface area contributed by atoms with Crippen molar-refractivity contribution in [1.82, 2.24) is 14.9 Å². The van der Waals surface area contributed by atoms with Crippen molar-refractivity contribution in [2.45, 2.75) is 50.7 Å². The van der Waals surface area contributed by atoms with Crippen LogP contribution in [0.4, 0.5) is 0 Å². The molecule has 0 aliphatic carbocycles. The molecule has 0 spiro atoms. The van der Waals surface area contributed by atoms with Crippen molar-refractivity contribution in [2.75, 3.05) is 0 Å². The summed E-state index contributed by atoms with van der Waals surface area (Å²) >= 11 is 1.55. The number of benzene rings is 3. The number of rotatable bonds is 8. The molecule has 0 saturated heterocycles. The normalized spacial score (nSPS) is 11.2. The monoisotopic (exact) mass is 471 g/mol. The van der Waals surface area contributed by atoms with Gasteiger partial charge in [-0.3, -0.25) is 14.2 Å². The van der Waals surface area contributed by atoms with Crippen LogP contribution < -0.4 is 10.9 Å². The number of carbonyl (C=O) groups excluding carboxylic acids is 1. The number of thioether (sulfide) groups is 1. The van der Waals surface area contributed by atoms with Crippen LogP contribution in [0.15, 0.2) is 82.7 Å². The van der Waals surface area contributed by atoms with E-state index < -0.39 is 0 Å². The average molecular weight is 472 g/mol. The van der Waals surface area contributed by atoms with E-state index in [9.17, 15) is 9.59 Å². The molecule has 34 heavy (non-hydrogen) atoms. The van der Waals surface area contributed by atoms with E-state index in [0.29, 0.717) is 33.9 Å². The van der Waals surface area contributed by atoms with E-state index in [0.717, 1.165) is 6.42 Å². The summed E-state index contributed by atoms with van der Waals surface area (Å²) in [5.41, 5.74) is 4.56. The highest BCUT2D eigenvalue weighted by molar-refractivity contribution is 7.98. The van der Waals surface area contributed by atoms with Crippen LogP contribution in [0.5, 0.6) is 0 Å². The van der Waals surface area contributed by atoms with Gasteiger partial charge in [0.2, 0.25) is 0 Å². The maximum atomic E-state index is 13.5. The van der Waals surface area contributed by atoms with Crippen LogP contribution in [0.3, 0.4) is 0 Å². The highest BCUT2D eigenvalue weighted by Gasteiger charge is 2.15. The van der Waals surface area contributed by atoms with Gasteiger partial charge in [0.1, 0.15) is 0 Å². The molecule has 0 saturated carbocycles. The second-order valence-electron chi connectivity index (χ2n) is 8.66. The van der Waals surface area contributed by atoms with E-state index in [-0.39, 0.29) is 17.5 Å². The van der Waals surface area contributed by atoms with E-state index in [1.54, 1.807) is 34.5 Å². The van der Waals surface area contributed by atoms with Gasteiger partial charge >= 0.3 is 0 Å². The molecule has 0 bridgehead atoms. The number of amides is 1. The lowest BCUT2D eigenvalue weighted by Gasteiger charge is -2.15. The van der Waals surface area contributed by atoms with E-state index >= 15 is 0 Å². The zero-order chi connectivity index (χ0) is 24.1. The summed E-state index contributed by atoms with van der Waals surface area (Å²) in [5.74, 6) is 0.546. The molecule has 6 heteroatoms. The van der Waals surface area contributed by atoms with Gasteiger partial charge in [-0.2, -0.15) is 0 Å². The molecule has 0 unspecified atom stereocenters. The minimum Gasteiger partial charge on any atom is -0.350 e. The minimum atomic E-state index is -0.166. The van der Waals surface area contributed by atoms with Gasteiger partial charge in [0.15, 0.2) is 5.16 Å². The van der Waals surface area contributed by atoms with Gasteiger partial charge in [-0.05, 0) is 62.1 Å². The second-order valence-corrected chi connectivity index (χ2v) is 9.60. The lowest BCUT2D eigenvalue weighted by Crippen LogP contribution is -2.30. The predicted octanol–water partition coefficient (Wildman–Crippen LogP) is 5.38. The first-order chi connectivity index (χ1) is 16.4. The van der Waals surface area contributed by atoms with Gasteiger partial charge in [0.05, 0.1) is 10.9 Å². The Kier molecular flexibility index (Phi) is 7.48. The third-order valence-electron chi connectivity index (χ3n) is 5.69. The Balaban J connectivity index is 1.72. The number of nitrogens with zero attached hydrogens (tertiary/aromatic N) is 2. The molecule has 1 N–H and O–H groups in total. The zero-order valence-electron chi connectivity index (χ0n) is 19.7. The van der Waals surface area contributed by atoms with Crippen LogP contribution in [0.1, 0.15) is 40.9 Å². The lowest BCUT2D eigenvalue weighted by molar-refractivity contribution is 0.0943. The fraction of sp³-hybridized carbons (Fsp3) is 0.250. The molecule has 0 fully saturated rings. The predicted molar refractivity (Wildman–Crippen MR) is 139 cm³/mol. The standard InChI is InChI=1S/C28H29N3O2S/c1-19(2)29-26(32)22-13-14-24-25(17-22)30-28(34-18-23-12-8-7-9-20(23)3)31(27(24)33)16-15-21-10-5-4-6-11-21/h4-14,17,19H,15-16,18H2,1-3H3,(H,29,32). The van der Waals surface area contributed by atoms with Crippen LogP contribution in [0.2, 0.25) is 0 Å². The molecular weight excluding hydrogens is 442 g/mol. The number of hydrogen-bond acceptors (Lipinski definition) is 4. The summed E-state index contributed by atoms with van der Waals surface area (Å²) in [6.07, 6.45) is 0.737. The van der Waals surface area contributed by atoms with E-state index in [2.05, 4.69) is 36.5 Å². The Morgan fingerprint density at radius 1 is 1.03 bits per heavy atom. The Bertz CT molecular complexity index is 1360. The molecule has 0 aliphatic heterocycles. The quantitative estimate of drug-likeness (QED) is 0.277. The summed E-state index contributed by atoms with van der Waals surface area (Å²) in [6.45, 7) is 6.47. The first-order valence-electron chi connectivity index (χ1n) is 11.5. The Labute approximate surface area is 204 Å². The third-order valence-corrected chi connectivity index (χ3v) is 6.71. The first kappa shape index (κ1) is 23.8. The topological polar surface area (TPSA) is 64.0 Å². The maximum absolute atomic E-state index is 13.5. The van der Waals surface area contributed by atoms with Crippen LogP contribution in [0, 0.1) is 6.92 Å². The van der Waals surface area contributed by atoms with Crippen molar-refractivity contribution in [3.05, 3.63) is 105 Å². The van der Waals surface area contributed by atoms with Gasteiger partial charge in [0, 0.05) is 23.9 Å². The van der Waals surface area contributed by atoms with Crippen LogP contribution >= 0.6 is 11.8 Å². The highest BCUT2D eigenvalue weighted by atomic mass is 32.2. The van der Waals surface area contributed by atoms with Gasteiger partial charge in [-0.25, -0.2) is 4.98 Å². The molecule has 1 aromatic heterocycles. The van der Waals surface area contributed by atoms with Crippen molar-refractivity contribution in [3.63, 3.8) is 0 Å². The van der Waals surface area contributed by atoms with Gasteiger partial charge < -0.3 is 5.32 Å². The van der Waals surface area contributed by atoms with E-state index in [4.69, 9.17) is 4.98 Å². The molecule has 5 nitrogen and oxygen atoms in total. The van der Waals surface area contributed by atoms with E-state index in [1.165, 1.54) is 16.7 Å². The number of hydrogen-bond donors (Lipinski definition) is 1. The molecule has 1 heterocycles. The van der Waals surface area contributed by atoms with Crippen molar-refractivity contribution < 1.29 is 4.79 Å². The number of carbonyl (C=O) groups is 1. The number of aromatic nitrogens is 2. The van der Waals surface area contributed by atoms with E-state index in [1.807, 2.05) is 44.2 Å². The lowest BCUT2D eigenvalue weighted by atomic mass is 10.1. The van der Waals surface area contributed by atoms with Gasteiger partial charge in [-0.1, -0.05) is 66.4 Å². The molecule has 174 valence electrons. The fourth-order valence-corrected chi connectivity index (χ4v) is 4.90. The molecule has 0 radical (unpaired) electrons. The molecule has 3 aromatic carbocycles. The Morgan fingerprint density at radius 3 is 2.50 bits per heavy atom. The summed E-state index contributed by atoms with van der Waals surface area (Å²) in [5, 5.41) is 4.09. The summed E-state index contributed by atoms with van der Waals surface area (Å²) in [4.78, 5) is 30.9.